The molecule has 0 aliphatic rings. The predicted octanol–water partition coefficient (Wildman–Crippen LogP) is 3.89. The quantitative estimate of drug-likeness (QED) is 0.598. The summed E-state index contributed by atoms with van der Waals surface area (Å²) in [6, 6.07) is 8.72. The number of carbonyl (C=O) groups is 1. The smallest absolute Gasteiger partial charge is 0.341 e. The van der Waals surface area contributed by atoms with E-state index in [1.807, 2.05) is 11.4 Å². The van der Waals surface area contributed by atoms with Crippen LogP contribution in [-0.2, 0) is 4.74 Å². The van der Waals surface area contributed by atoms with E-state index in [9.17, 15) is 4.79 Å². The highest BCUT2D eigenvalue weighted by molar-refractivity contribution is 7.12. The minimum atomic E-state index is -0.439. The minimum Gasteiger partial charge on any atom is -0.485 e. The first kappa shape index (κ1) is 14.1. The number of methoxy groups -OCH3 is 1. The maximum absolute atomic E-state index is 11.7. The van der Waals surface area contributed by atoms with Gasteiger partial charge in [0.25, 0.3) is 0 Å². The van der Waals surface area contributed by atoms with Crippen LogP contribution in [0.15, 0.2) is 48.4 Å². The molecule has 0 unspecified atom stereocenters. The van der Waals surface area contributed by atoms with Crippen molar-refractivity contribution in [2.75, 3.05) is 13.7 Å². The summed E-state index contributed by atoms with van der Waals surface area (Å²) in [7, 11) is 1.34. The van der Waals surface area contributed by atoms with Crippen molar-refractivity contribution < 1.29 is 19.0 Å². The molecule has 0 N–H and O–H groups in total. The van der Waals surface area contributed by atoms with Gasteiger partial charge in [-0.15, -0.1) is 11.3 Å². The zero-order valence-electron chi connectivity index (χ0n) is 11.0. The molecule has 0 spiro atoms. The van der Waals surface area contributed by atoms with E-state index in [1.165, 1.54) is 18.4 Å². The Morgan fingerprint density at radius 1 is 1.30 bits per heavy atom. The van der Waals surface area contributed by atoms with Crippen molar-refractivity contribution in [3.05, 3.63) is 53.9 Å². The Morgan fingerprint density at radius 3 is 2.85 bits per heavy atom. The zero-order valence-corrected chi connectivity index (χ0v) is 11.8. The van der Waals surface area contributed by atoms with Gasteiger partial charge in [-0.25, -0.2) is 4.79 Å². The Bertz CT molecular complexity index is 603. The van der Waals surface area contributed by atoms with Crippen molar-refractivity contribution in [2.45, 2.75) is 0 Å². The maximum atomic E-state index is 11.7. The molecular formula is C15H14O4S. The van der Waals surface area contributed by atoms with E-state index in [0.29, 0.717) is 28.7 Å². The first-order valence-corrected chi connectivity index (χ1v) is 6.80. The number of para-hydroxylation sites is 1. The molecular weight excluding hydrogens is 276 g/mol. The average molecular weight is 290 g/mol. The molecule has 104 valence electrons. The van der Waals surface area contributed by atoms with Crippen molar-refractivity contribution in [3.63, 3.8) is 0 Å². The van der Waals surface area contributed by atoms with Crippen LogP contribution in [0.3, 0.4) is 0 Å². The summed E-state index contributed by atoms with van der Waals surface area (Å²) in [6.45, 7) is 3.99. The predicted molar refractivity (Wildman–Crippen MR) is 77.9 cm³/mol. The van der Waals surface area contributed by atoms with Gasteiger partial charge in [0.05, 0.1) is 7.11 Å². The third-order valence-corrected chi connectivity index (χ3v) is 3.22. The molecule has 1 aromatic carbocycles. The van der Waals surface area contributed by atoms with Crippen molar-refractivity contribution in [1.82, 2.24) is 0 Å². The van der Waals surface area contributed by atoms with Gasteiger partial charge in [0.2, 0.25) is 5.06 Å². The number of benzene rings is 1. The lowest BCUT2D eigenvalue weighted by Gasteiger charge is -2.10. The molecule has 0 saturated carbocycles. The van der Waals surface area contributed by atoms with Gasteiger partial charge in [-0.05, 0) is 23.6 Å². The molecule has 0 aliphatic carbocycles. The molecule has 2 aromatic rings. The molecule has 0 atom stereocenters. The summed E-state index contributed by atoms with van der Waals surface area (Å²) >= 11 is 1.39. The molecule has 1 aromatic heterocycles. The average Bonchev–Trinajstić information content (AvgIpc) is 2.92. The summed E-state index contributed by atoms with van der Waals surface area (Å²) in [5, 5.41) is 2.44. The second-order valence-corrected chi connectivity index (χ2v) is 4.64. The van der Waals surface area contributed by atoms with Crippen LogP contribution in [0, 0.1) is 0 Å². The topological polar surface area (TPSA) is 44.8 Å². The molecule has 5 heteroatoms. The third kappa shape index (κ3) is 3.19. The second kappa shape index (κ2) is 6.77. The van der Waals surface area contributed by atoms with E-state index in [0.717, 1.165) is 0 Å². The van der Waals surface area contributed by atoms with Gasteiger partial charge in [0, 0.05) is 0 Å². The highest BCUT2D eigenvalue weighted by Gasteiger charge is 2.15. The first-order valence-electron chi connectivity index (χ1n) is 5.92. The Labute approximate surface area is 121 Å². The van der Waals surface area contributed by atoms with Crippen LogP contribution < -0.4 is 9.47 Å². The van der Waals surface area contributed by atoms with Crippen LogP contribution in [0.5, 0.6) is 16.6 Å². The van der Waals surface area contributed by atoms with Crippen LogP contribution in [0.4, 0.5) is 0 Å². The van der Waals surface area contributed by atoms with Crippen molar-refractivity contribution in [3.8, 4) is 16.6 Å². The maximum Gasteiger partial charge on any atom is 0.341 e. The highest BCUT2D eigenvalue weighted by Crippen LogP contribution is 2.38. The van der Waals surface area contributed by atoms with Crippen molar-refractivity contribution >= 4 is 17.3 Å². The van der Waals surface area contributed by atoms with E-state index in [-0.39, 0.29) is 0 Å². The number of ether oxygens (including phenoxy) is 3. The monoisotopic (exact) mass is 290 g/mol. The Kier molecular flexibility index (Phi) is 4.79. The SMILES string of the molecule is C=CCOc1ccsc1Oc1ccccc1C(=O)OC. The van der Waals surface area contributed by atoms with Crippen molar-refractivity contribution in [1.29, 1.82) is 0 Å². The van der Waals surface area contributed by atoms with Crippen LogP contribution in [-0.4, -0.2) is 19.7 Å². The van der Waals surface area contributed by atoms with E-state index in [1.54, 1.807) is 30.3 Å². The Balaban J connectivity index is 2.24. The largest absolute Gasteiger partial charge is 0.485 e. The van der Waals surface area contributed by atoms with Gasteiger partial charge >= 0.3 is 5.97 Å². The molecule has 0 fully saturated rings. The molecule has 2 rings (SSSR count). The Morgan fingerprint density at radius 2 is 2.10 bits per heavy atom. The number of esters is 1. The molecule has 1 heterocycles. The fraction of sp³-hybridized carbons (Fsp3) is 0.133. The molecule has 20 heavy (non-hydrogen) atoms. The number of hydrogen-bond donors (Lipinski definition) is 0. The molecule has 0 bridgehead atoms. The molecule has 0 aliphatic heterocycles. The summed E-state index contributed by atoms with van der Waals surface area (Å²) in [5.41, 5.74) is 0.373. The van der Waals surface area contributed by atoms with Crippen LogP contribution in [0.1, 0.15) is 10.4 Å². The van der Waals surface area contributed by atoms with Gasteiger partial charge in [-0.2, -0.15) is 0 Å². The molecule has 4 nitrogen and oxygen atoms in total. The molecule has 0 saturated heterocycles. The summed E-state index contributed by atoms with van der Waals surface area (Å²) in [5.74, 6) is 0.616. The lowest BCUT2D eigenvalue weighted by Crippen LogP contribution is -2.03. The summed E-state index contributed by atoms with van der Waals surface area (Å²) in [6.07, 6.45) is 1.66. The van der Waals surface area contributed by atoms with Crippen molar-refractivity contribution in [2.24, 2.45) is 0 Å². The molecule has 0 amide bonds. The Hall–Kier alpha value is -2.27. The van der Waals surface area contributed by atoms with Crippen LogP contribution in [0.25, 0.3) is 0 Å². The van der Waals surface area contributed by atoms with Gasteiger partial charge in [-0.3, -0.25) is 0 Å². The lowest BCUT2D eigenvalue weighted by atomic mass is 10.2. The molecule has 0 radical (unpaired) electrons. The minimum absolute atomic E-state index is 0.373. The number of carbonyl (C=O) groups excluding carboxylic acids is 1. The summed E-state index contributed by atoms with van der Waals surface area (Å²) in [4.78, 5) is 11.7. The van der Waals surface area contributed by atoms with E-state index in [2.05, 4.69) is 6.58 Å². The van der Waals surface area contributed by atoms with Crippen LogP contribution in [0.2, 0.25) is 0 Å². The first-order chi connectivity index (χ1) is 9.76. The summed E-state index contributed by atoms with van der Waals surface area (Å²) < 4.78 is 16.0. The van der Waals surface area contributed by atoms with Gasteiger partial charge < -0.3 is 14.2 Å². The fourth-order valence-corrected chi connectivity index (χ4v) is 2.24. The highest BCUT2D eigenvalue weighted by atomic mass is 32.1. The number of rotatable bonds is 6. The normalized spacial score (nSPS) is 9.85. The fourth-order valence-electron chi connectivity index (χ4n) is 1.55. The van der Waals surface area contributed by atoms with Gasteiger partial charge in [0.1, 0.15) is 17.9 Å². The third-order valence-electron chi connectivity index (χ3n) is 2.45. The van der Waals surface area contributed by atoms with E-state index >= 15 is 0 Å². The van der Waals surface area contributed by atoms with Crippen LogP contribution >= 0.6 is 11.3 Å². The number of thiophene rings is 1. The van der Waals surface area contributed by atoms with Gasteiger partial charge in [-0.1, -0.05) is 24.8 Å². The van der Waals surface area contributed by atoms with Gasteiger partial charge in [0.15, 0.2) is 5.75 Å². The zero-order chi connectivity index (χ0) is 14.4. The standard InChI is InChI=1S/C15H14O4S/c1-3-9-18-13-8-10-20-15(13)19-12-7-5-4-6-11(12)14(16)17-2/h3-8,10H,1,9H2,2H3. The van der Waals surface area contributed by atoms with E-state index < -0.39 is 5.97 Å². The second-order valence-electron chi connectivity index (χ2n) is 3.76. The lowest BCUT2D eigenvalue weighted by molar-refractivity contribution is 0.0598. The van der Waals surface area contributed by atoms with E-state index in [4.69, 9.17) is 14.2 Å². The number of hydrogen-bond acceptors (Lipinski definition) is 5.